The van der Waals surface area contributed by atoms with Crippen LogP contribution in [0.5, 0.6) is 11.5 Å². The number of methoxy groups -OCH3 is 2. The van der Waals surface area contributed by atoms with Crippen LogP contribution in [0.1, 0.15) is 11.1 Å². The molecule has 8 heteroatoms. The largest absolute Gasteiger partial charge is 0.493 e. The van der Waals surface area contributed by atoms with Crippen molar-refractivity contribution in [3.63, 3.8) is 0 Å². The Hall–Kier alpha value is -2.61. The lowest BCUT2D eigenvalue weighted by Gasteiger charge is -2.28. The maximum Gasteiger partial charge on any atom is 0.238 e. The van der Waals surface area contributed by atoms with Crippen LogP contribution in [0.25, 0.3) is 0 Å². The summed E-state index contributed by atoms with van der Waals surface area (Å²) in [7, 11) is 3.24. The van der Waals surface area contributed by atoms with Gasteiger partial charge in [-0.2, -0.15) is 5.10 Å². The summed E-state index contributed by atoms with van der Waals surface area (Å²) in [6, 6.07) is 3.98. The molecule has 1 aromatic carbocycles. The van der Waals surface area contributed by atoms with Crippen LogP contribution in [0.4, 0.5) is 10.1 Å². The van der Waals surface area contributed by atoms with Crippen LogP contribution >= 0.6 is 0 Å². The number of rotatable bonds is 7. The molecule has 26 heavy (non-hydrogen) atoms. The molecule has 0 aliphatic carbocycles. The second-order valence-electron chi connectivity index (χ2n) is 6.17. The summed E-state index contributed by atoms with van der Waals surface area (Å²) < 4.78 is 24.5. The van der Waals surface area contributed by atoms with Gasteiger partial charge in [0.15, 0.2) is 11.5 Å². The molecule has 0 fully saturated rings. The van der Waals surface area contributed by atoms with Crippen LogP contribution in [0.3, 0.4) is 0 Å². The van der Waals surface area contributed by atoms with E-state index in [4.69, 9.17) is 9.47 Å². The Morgan fingerprint density at radius 2 is 2.00 bits per heavy atom. The second kappa shape index (κ2) is 8.18. The fourth-order valence-corrected chi connectivity index (χ4v) is 3.12. The first-order valence-corrected chi connectivity index (χ1v) is 8.47. The normalized spacial score (nSPS) is 14.0. The monoisotopic (exact) mass is 362 g/mol. The summed E-state index contributed by atoms with van der Waals surface area (Å²) in [4.78, 5) is 14.4. The van der Waals surface area contributed by atoms with Crippen molar-refractivity contribution >= 4 is 11.6 Å². The number of nitrogens with zero attached hydrogens (tertiary/aromatic N) is 3. The Morgan fingerprint density at radius 1 is 1.27 bits per heavy atom. The van der Waals surface area contributed by atoms with Crippen LogP contribution in [-0.2, 0) is 24.3 Å². The van der Waals surface area contributed by atoms with E-state index in [1.165, 1.54) is 16.4 Å². The Morgan fingerprint density at radius 3 is 2.69 bits per heavy atom. The van der Waals surface area contributed by atoms with Crippen molar-refractivity contribution in [3.05, 3.63) is 35.7 Å². The van der Waals surface area contributed by atoms with Crippen LogP contribution in [-0.4, -0.2) is 54.6 Å². The number of halogens is 1. The first-order valence-electron chi connectivity index (χ1n) is 8.47. The molecule has 2 aromatic rings. The van der Waals surface area contributed by atoms with Gasteiger partial charge >= 0.3 is 0 Å². The summed E-state index contributed by atoms with van der Waals surface area (Å²) in [5.74, 6) is 1.30. The number of alkyl halides is 1. The van der Waals surface area contributed by atoms with E-state index in [-0.39, 0.29) is 19.0 Å². The Bertz CT molecular complexity index is 778. The third kappa shape index (κ3) is 4.13. The van der Waals surface area contributed by atoms with Gasteiger partial charge in [0.05, 0.1) is 39.2 Å². The van der Waals surface area contributed by atoms with Crippen molar-refractivity contribution in [2.45, 2.75) is 19.5 Å². The Labute approximate surface area is 151 Å². The van der Waals surface area contributed by atoms with Crippen molar-refractivity contribution < 1.29 is 18.7 Å². The molecule has 1 amide bonds. The van der Waals surface area contributed by atoms with Gasteiger partial charge in [0.25, 0.3) is 0 Å². The van der Waals surface area contributed by atoms with Crippen LogP contribution in [0.2, 0.25) is 0 Å². The first kappa shape index (κ1) is 18.2. The standard InChI is InChI=1S/C18H23FN4O3/c1-25-16-7-13-3-5-22(10-14(13)8-17(16)26-2)12-18(24)21-15-9-20-23(11-15)6-4-19/h7-9,11H,3-6,10,12H2,1-2H3,(H,21,24). The fraction of sp³-hybridized carbons (Fsp3) is 0.444. The van der Waals surface area contributed by atoms with E-state index in [1.54, 1.807) is 20.4 Å². The van der Waals surface area contributed by atoms with E-state index in [1.807, 2.05) is 12.1 Å². The molecule has 0 saturated carbocycles. The van der Waals surface area contributed by atoms with E-state index in [0.717, 1.165) is 24.3 Å². The average molecular weight is 362 g/mol. The topological polar surface area (TPSA) is 68.6 Å². The molecule has 0 radical (unpaired) electrons. The van der Waals surface area contributed by atoms with Crippen molar-refractivity contribution in [2.24, 2.45) is 0 Å². The Balaban J connectivity index is 1.60. The summed E-state index contributed by atoms with van der Waals surface area (Å²) in [5.41, 5.74) is 2.93. The minimum Gasteiger partial charge on any atom is -0.493 e. The molecule has 0 spiro atoms. The maximum absolute atomic E-state index is 12.3. The highest BCUT2D eigenvalue weighted by Crippen LogP contribution is 2.33. The number of aromatic nitrogens is 2. The molecule has 1 aliphatic heterocycles. The SMILES string of the molecule is COc1cc2c(cc1OC)CN(CC(=O)Nc1cnn(CCF)c1)CC2. The maximum atomic E-state index is 12.3. The number of carbonyl (C=O) groups excluding carboxylic acids is 1. The van der Waals surface area contributed by atoms with Gasteiger partial charge in [0.2, 0.25) is 5.91 Å². The number of fused-ring (bicyclic) bond motifs is 1. The van der Waals surface area contributed by atoms with Crippen molar-refractivity contribution in [2.75, 3.05) is 39.3 Å². The van der Waals surface area contributed by atoms with Gasteiger partial charge in [0, 0.05) is 19.3 Å². The Kier molecular flexibility index (Phi) is 5.72. The van der Waals surface area contributed by atoms with Gasteiger partial charge in [-0.05, 0) is 29.7 Å². The third-order valence-corrected chi connectivity index (χ3v) is 4.39. The van der Waals surface area contributed by atoms with Gasteiger partial charge < -0.3 is 14.8 Å². The van der Waals surface area contributed by atoms with E-state index in [0.29, 0.717) is 18.0 Å². The molecule has 140 valence electrons. The predicted octanol–water partition coefficient (Wildman–Crippen LogP) is 1.87. The number of hydrogen-bond donors (Lipinski definition) is 1. The van der Waals surface area contributed by atoms with Crippen molar-refractivity contribution in [1.82, 2.24) is 14.7 Å². The number of nitrogens with one attached hydrogen (secondary N) is 1. The van der Waals surface area contributed by atoms with E-state index >= 15 is 0 Å². The molecular formula is C18H23FN4O3. The number of hydrogen-bond acceptors (Lipinski definition) is 5. The average Bonchev–Trinajstić information content (AvgIpc) is 3.07. The number of aryl methyl sites for hydroxylation is 1. The molecule has 3 rings (SSSR count). The van der Waals surface area contributed by atoms with E-state index in [9.17, 15) is 9.18 Å². The molecular weight excluding hydrogens is 339 g/mol. The number of anilines is 1. The van der Waals surface area contributed by atoms with Gasteiger partial charge in [-0.1, -0.05) is 0 Å². The van der Waals surface area contributed by atoms with Crippen LogP contribution in [0.15, 0.2) is 24.5 Å². The molecule has 1 aliphatic rings. The van der Waals surface area contributed by atoms with Gasteiger partial charge in [-0.15, -0.1) is 0 Å². The highest BCUT2D eigenvalue weighted by molar-refractivity contribution is 5.92. The number of carbonyl (C=O) groups is 1. The lowest BCUT2D eigenvalue weighted by Crippen LogP contribution is -2.37. The molecule has 1 aromatic heterocycles. The smallest absolute Gasteiger partial charge is 0.238 e. The van der Waals surface area contributed by atoms with Crippen LogP contribution in [0, 0.1) is 0 Å². The zero-order chi connectivity index (χ0) is 18.5. The molecule has 1 N–H and O–H groups in total. The van der Waals surface area contributed by atoms with Crippen LogP contribution < -0.4 is 14.8 Å². The zero-order valence-electron chi connectivity index (χ0n) is 15.0. The number of ether oxygens (including phenoxy) is 2. The van der Waals surface area contributed by atoms with Gasteiger partial charge in [-0.3, -0.25) is 14.4 Å². The molecule has 0 saturated heterocycles. The highest BCUT2D eigenvalue weighted by atomic mass is 19.1. The summed E-state index contributed by atoms with van der Waals surface area (Å²) in [6.07, 6.45) is 3.99. The predicted molar refractivity (Wildman–Crippen MR) is 95.4 cm³/mol. The summed E-state index contributed by atoms with van der Waals surface area (Å²) in [5, 5.41) is 6.80. The second-order valence-corrected chi connectivity index (χ2v) is 6.17. The van der Waals surface area contributed by atoms with Crippen molar-refractivity contribution in [1.29, 1.82) is 0 Å². The van der Waals surface area contributed by atoms with Crippen molar-refractivity contribution in [3.8, 4) is 11.5 Å². The third-order valence-electron chi connectivity index (χ3n) is 4.39. The molecule has 7 nitrogen and oxygen atoms in total. The first-order chi connectivity index (χ1) is 12.6. The highest BCUT2D eigenvalue weighted by Gasteiger charge is 2.21. The lowest BCUT2D eigenvalue weighted by atomic mass is 9.99. The molecule has 2 heterocycles. The lowest BCUT2D eigenvalue weighted by molar-refractivity contribution is -0.117. The fourth-order valence-electron chi connectivity index (χ4n) is 3.12. The van der Waals surface area contributed by atoms with Gasteiger partial charge in [0.1, 0.15) is 6.67 Å². The summed E-state index contributed by atoms with van der Waals surface area (Å²) in [6.45, 7) is 1.43. The summed E-state index contributed by atoms with van der Waals surface area (Å²) >= 11 is 0. The molecule has 0 atom stereocenters. The van der Waals surface area contributed by atoms with E-state index in [2.05, 4.69) is 15.3 Å². The number of amides is 1. The zero-order valence-corrected chi connectivity index (χ0v) is 15.0. The minimum atomic E-state index is -0.490. The number of benzene rings is 1. The van der Waals surface area contributed by atoms with Gasteiger partial charge in [-0.25, -0.2) is 4.39 Å². The molecule has 0 unspecified atom stereocenters. The van der Waals surface area contributed by atoms with E-state index < -0.39 is 6.67 Å². The quantitative estimate of drug-likeness (QED) is 0.814. The molecule has 0 bridgehead atoms. The minimum absolute atomic E-state index is 0.117.